The lowest BCUT2D eigenvalue weighted by Crippen LogP contribution is -2.47. The highest BCUT2D eigenvalue weighted by Gasteiger charge is 2.35. The standard InChI is InChI=1S/C16H13N3O2S2/c1-23-11-6-4-5-10(9-11)17-16(22)18-19-14(20)12-7-2-3-8-13(12)15(19)21/h2-9H,1H3,(H2,17,18,22). The molecule has 2 amide bonds. The number of imide groups is 1. The molecule has 2 N–H and O–H groups in total. The minimum Gasteiger partial charge on any atom is -0.331 e. The van der Waals surface area contributed by atoms with Gasteiger partial charge in [0.15, 0.2) is 5.11 Å². The number of nitrogens with zero attached hydrogens (tertiary/aromatic N) is 1. The van der Waals surface area contributed by atoms with Gasteiger partial charge in [0, 0.05) is 10.6 Å². The number of fused-ring (bicyclic) bond motifs is 1. The molecule has 0 bridgehead atoms. The van der Waals surface area contributed by atoms with Gasteiger partial charge in [-0.2, -0.15) is 5.01 Å². The Morgan fingerprint density at radius 3 is 2.30 bits per heavy atom. The molecule has 0 aliphatic carbocycles. The Labute approximate surface area is 143 Å². The van der Waals surface area contributed by atoms with Crippen LogP contribution in [0.3, 0.4) is 0 Å². The van der Waals surface area contributed by atoms with Gasteiger partial charge in [0.2, 0.25) is 0 Å². The SMILES string of the molecule is CSc1cccc(NC(=S)NN2C(=O)c3ccccc3C2=O)c1. The van der Waals surface area contributed by atoms with Crippen LogP contribution in [-0.4, -0.2) is 28.2 Å². The van der Waals surface area contributed by atoms with E-state index in [1.807, 2.05) is 30.5 Å². The maximum absolute atomic E-state index is 12.2. The van der Waals surface area contributed by atoms with E-state index >= 15 is 0 Å². The first kappa shape index (κ1) is 15.5. The van der Waals surface area contributed by atoms with Crippen molar-refractivity contribution in [3.05, 3.63) is 59.7 Å². The summed E-state index contributed by atoms with van der Waals surface area (Å²) in [5.41, 5.74) is 4.19. The summed E-state index contributed by atoms with van der Waals surface area (Å²) >= 11 is 6.81. The van der Waals surface area contributed by atoms with Gasteiger partial charge in [-0.3, -0.25) is 15.0 Å². The van der Waals surface area contributed by atoms with Gasteiger partial charge in [0.25, 0.3) is 11.8 Å². The topological polar surface area (TPSA) is 61.4 Å². The zero-order valence-corrected chi connectivity index (χ0v) is 13.8. The van der Waals surface area contributed by atoms with Crippen LogP contribution in [0.25, 0.3) is 0 Å². The first-order chi connectivity index (χ1) is 11.1. The second-order valence-electron chi connectivity index (χ2n) is 4.79. The molecule has 1 heterocycles. The van der Waals surface area contributed by atoms with Gasteiger partial charge in [-0.1, -0.05) is 18.2 Å². The lowest BCUT2D eigenvalue weighted by molar-refractivity contribution is 0.0613. The molecule has 0 spiro atoms. The van der Waals surface area contributed by atoms with E-state index in [4.69, 9.17) is 12.2 Å². The number of hydrazine groups is 1. The maximum Gasteiger partial charge on any atom is 0.280 e. The van der Waals surface area contributed by atoms with Crippen molar-refractivity contribution < 1.29 is 9.59 Å². The highest BCUT2D eigenvalue weighted by Crippen LogP contribution is 2.21. The van der Waals surface area contributed by atoms with E-state index < -0.39 is 11.8 Å². The Bertz CT molecular complexity index is 772. The summed E-state index contributed by atoms with van der Waals surface area (Å²) in [6.07, 6.45) is 1.98. The van der Waals surface area contributed by atoms with E-state index in [0.717, 1.165) is 15.6 Å². The molecule has 0 unspecified atom stereocenters. The summed E-state index contributed by atoms with van der Waals surface area (Å²) < 4.78 is 0. The van der Waals surface area contributed by atoms with Crippen molar-refractivity contribution in [3.63, 3.8) is 0 Å². The highest BCUT2D eigenvalue weighted by atomic mass is 32.2. The molecule has 0 aromatic heterocycles. The van der Waals surface area contributed by atoms with Crippen LogP contribution in [0.5, 0.6) is 0 Å². The van der Waals surface area contributed by atoms with E-state index in [2.05, 4.69) is 10.7 Å². The third-order valence-electron chi connectivity index (χ3n) is 3.34. The Morgan fingerprint density at radius 2 is 1.70 bits per heavy atom. The van der Waals surface area contributed by atoms with Crippen molar-refractivity contribution >= 4 is 46.6 Å². The smallest absolute Gasteiger partial charge is 0.280 e. The number of thiocarbonyl (C=S) groups is 1. The minimum atomic E-state index is -0.410. The molecule has 1 aliphatic rings. The average molecular weight is 343 g/mol. The van der Waals surface area contributed by atoms with Crippen LogP contribution in [0.2, 0.25) is 0 Å². The third-order valence-corrected chi connectivity index (χ3v) is 4.25. The highest BCUT2D eigenvalue weighted by molar-refractivity contribution is 7.98. The minimum absolute atomic E-state index is 0.178. The zero-order valence-electron chi connectivity index (χ0n) is 12.2. The number of amides is 2. The molecule has 1 aliphatic heterocycles. The summed E-state index contributed by atoms with van der Waals surface area (Å²) in [6.45, 7) is 0. The number of carbonyl (C=O) groups is 2. The van der Waals surface area contributed by atoms with Gasteiger partial charge in [-0.15, -0.1) is 11.8 Å². The summed E-state index contributed by atoms with van der Waals surface area (Å²) in [5, 5.41) is 4.08. The molecule has 5 nitrogen and oxygen atoms in total. The molecule has 0 radical (unpaired) electrons. The van der Waals surface area contributed by atoms with Crippen LogP contribution < -0.4 is 10.7 Å². The normalized spacial score (nSPS) is 13.0. The number of hydrogen-bond acceptors (Lipinski definition) is 4. The molecule has 116 valence electrons. The number of rotatable bonds is 3. The van der Waals surface area contributed by atoms with Gasteiger partial charge >= 0.3 is 0 Å². The lowest BCUT2D eigenvalue weighted by Gasteiger charge is -2.18. The molecule has 0 saturated carbocycles. The summed E-state index contributed by atoms with van der Waals surface area (Å²) in [6, 6.07) is 14.4. The van der Waals surface area contributed by atoms with Crippen molar-refractivity contribution in [1.82, 2.24) is 10.4 Å². The van der Waals surface area contributed by atoms with E-state index in [0.29, 0.717) is 11.1 Å². The number of hydrogen-bond donors (Lipinski definition) is 2. The predicted octanol–water partition coefficient (Wildman–Crippen LogP) is 2.91. The molecule has 2 aromatic carbocycles. The van der Waals surface area contributed by atoms with Gasteiger partial charge in [-0.05, 0) is 48.8 Å². The number of carbonyl (C=O) groups excluding carboxylic acids is 2. The van der Waals surface area contributed by atoms with Crippen LogP contribution in [0, 0.1) is 0 Å². The first-order valence-corrected chi connectivity index (χ1v) is 8.43. The largest absolute Gasteiger partial charge is 0.331 e. The summed E-state index contributed by atoms with van der Waals surface area (Å²) in [4.78, 5) is 25.6. The Balaban J connectivity index is 1.71. The van der Waals surface area contributed by atoms with Gasteiger partial charge < -0.3 is 5.32 Å². The monoisotopic (exact) mass is 343 g/mol. The molecule has 0 fully saturated rings. The first-order valence-electron chi connectivity index (χ1n) is 6.79. The fraction of sp³-hybridized carbons (Fsp3) is 0.0625. The second kappa shape index (κ2) is 6.39. The van der Waals surface area contributed by atoms with Crippen molar-refractivity contribution in [3.8, 4) is 0 Å². The fourth-order valence-electron chi connectivity index (χ4n) is 2.25. The van der Waals surface area contributed by atoms with Crippen molar-refractivity contribution in [1.29, 1.82) is 0 Å². The zero-order chi connectivity index (χ0) is 16.4. The molecular weight excluding hydrogens is 330 g/mol. The molecule has 2 aromatic rings. The molecule has 7 heteroatoms. The van der Waals surface area contributed by atoms with Crippen molar-refractivity contribution in [2.24, 2.45) is 0 Å². The van der Waals surface area contributed by atoms with Crippen LogP contribution in [-0.2, 0) is 0 Å². The fourth-order valence-corrected chi connectivity index (χ4v) is 2.92. The van der Waals surface area contributed by atoms with Crippen molar-refractivity contribution in [2.45, 2.75) is 4.90 Å². The Kier molecular flexibility index (Phi) is 4.31. The van der Waals surface area contributed by atoms with E-state index in [1.165, 1.54) is 0 Å². The van der Waals surface area contributed by atoms with Crippen LogP contribution in [0.1, 0.15) is 20.7 Å². The van der Waals surface area contributed by atoms with Crippen LogP contribution in [0.15, 0.2) is 53.4 Å². The van der Waals surface area contributed by atoms with E-state index in [1.54, 1.807) is 36.0 Å². The lowest BCUT2D eigenvalue weighted by atomic mass is 10.1. The molecule has 23 heavy (non-hydrogen) atoms. The number of thioether (sulfide) groups is 1. The van der Waals surface area contributed by atoms with Crippen LogP contribution >= 0.6 is 24.0 Å². The maximum atomic E-state index is 12.2. The molecule has 3 rings (SSSR count). The van der Waals surface area contributed by atoms with E-state index in [9.17, 15) is 9.59 Å². The Morgan fingerprint density at radius 1 is 1.04 bits per heavy atom. The molecule has 0 atom stereocenters. The predicted molar refractivity (Wildman–Crippen MR) is 94.5 cm³/mol. The number of nitrogens with one attached hydrogen (secondary N) is 2. The average Bonchev–Trinajstić information content (AvgIpc) is 2.80. The quantitative estimate of drug-likeness (QED) is 0.508. The summed E-state index contributed by atoms with van der Waals surface area (Å²) in [5.74, 6) is -0.819. The molecular formula is C16H13N3O2S2. The van der Waals surface area contributed by atoms with E-state index in [-0.39, 0.29) is 5.11 Å². The van der Waals surface area contributed by atoms with Gasteiger partial charge in [0.1, 0.15) is 0 Å². The van der Waals surface area contributed by atoms with Gasteiger partial charge in [0.05, 0.1) is 11.1 Å². The van der Waals surface area contributed by atoms with Crippen molar-refractivity contribution in [2.75, 3.05) is 11.6 Å². The third kappa shape index (κ3) is 3.06. The van der Waals surface area contributed by atoms with Gasteiger partial charge in [-0.25, -0.2) is 0 Å². The van der Waals surface area contributed by atoms with Crippen LogP contribution in [0.4, 0.5) is 5.69 Å². The number of benzene rings is 2. The number of anilines is 1. The summed E-state index contributed by atoms with van der Waals surface area (Å²) in [7, 11) is 0. The Hall–Kier alpha value is -2.38. The second-order valence-corrected chi connectivity index (χ2v) is 6.08. The molecule has 0 saturated heterocycles.